The molecule has 1 unspecified atom stereocenters. The number of ether oxygens (including phenoxy) is 1. The molecule has 2 aromatic carbocycles. The second kappa shape index (κ2) is 9.56. The Balaban J connectivity index is 2.02. The molecule has 156 valence electrons. The standard InChI is InChI=1S/C21H25NO6S/c1-5-16(4)22-20(23)13-27-21(24)17-8-10-18(11-9-17)28-29(25,26)19-12-14(2)6-7-15(19)3/h6-12,16H,5,13H2,1-4H3,(H,22,23). The van der Waals surface area contributed by atoms with Gasteiger partial charge >= 0.3 is 16.1 Å². The fourth-order valence-corrected chi connectivity index (χ4v) is 3.67. The maximum atomic E-state index is 12.5. The zero-order chi connectivity index (χ0) is 21.6. The second-order valence-corrected chi connectivity index (χ2v) is 8.30. The monoisotopic (exact) mass is 419 g/mol. The number of benzene rings is 2. The molecule has 0 bridgehead atoms. The highest BCUT2D eigenvalue weighted by Crippen LogP contribution is 2.22. The average molecular weight is 419 g/mol. The van der Waals surface area contributed by atoms with E-state index in [1.165, 1.54) is 24.3 Å². The molecule has 0 radical (unpaired) electrons. The molecular formula is C21H25NO6S. The fourth-order valence-electron chi connectivity index (χ4n) is 2.43. The number of rotatable bonds is 8. The molecule has 1 amide bonds. The van der Waals surface area contributed by atoms with E-state index in [4.69, 9.17) is 8.92 Å². The van der Waals surface area contributed by atoms with Gasteiger partial charge in [0, 0.05) is 6.04 Å². The second-order valence-electron chi connectivity index (χ2n) is 6.78. The summed E-state index contributed by atoms with van der Waals surface area (Å²) < 4.78 is 35.2. The van der Waals surface area contributed by atoms with E-state index in [1.807, 2.05) is 19.9 Å². The molecule has 8 heteroatoms. The highest BCUT2D eigenvalue weighted by molar-refractivity contribution is 7.87. The molecule has 2 rings (SSSR count). The largest absolute Gasteiger partial charge is 0.452 e. The Hall–Kier alpha value is -2.87. The Morgan fingerprint density at radius 1 is 1.07 bits per heavy atom. The number of carbonyl (C=O) groups is 2. The molecule has 0 aromatic heterocycles. The minimum absolute atomic E-state index is 0.00313. The first-order valence-electron chi connectivity index (χ1n) is 9.20. The lowest BCUT2D eigenvalue weighted by molar-refractivity contribution is -0.124. The first kappa shape index (κ1) is 22.4. The minimum Gasteiger partial charge on any atom is -0.452 e. The summed E-state index contributed by atoms with van der Waals surface area (Å²) in [6.07, 6.45) is 0.770. The van der Waals surface area contributed by atoms with E-state index in [2.05, 4.69) is 5.32 Å². The molecule has 0 fully saturated rings. The maximum absolute atomic E-state index is 12.5. The molecule has 0 spiro atoms. The summed E-state index contributed by atoms with van der Waals surface area (Å²) in [5.41, 5.74) is 1.55. The summed E-state index contributed by atoms with van der Waals surface area (Å²) in [6, 6.07) is 10.5. The average Bonchev–Trinajstić information content (AvgIpc) is 2.68. The van der Waals surface area contributed by atoms with Crippen molar-refractivity contribution in [3.05, 3.63) is 59.2 Å². The third-order valence-corrected chi connectivity index (χ3v) is 5.65. The molecular weight excluding hydrogens is 394 g/mol. The van der Waals surface area contributed by atoms with Gasteiger partial charge in [-0.1, -0.05) is 19.1 Å². The lowest BCUT2D eigenvalue weighted by Gasteiger charge is -2.12. The van der Waals surface area contributed by atoms with Gasteiger partial charge in [0.05, 0.1) is 5.56 Å². The van der Waals surface area contributed by atoms with Gasteiger partial charge < -0.3 is 14.2 Å². The molecule has 0 aliphatic rings. The van der Waals surface area contributed by atoms with Gasteiger partial charge in [0.1, 0.15) is 10.6 Å². The van der Waals surface area contributed by atoms with E-state index in [9.17, 15) is 18.0 Å². The molecule has 0 saturated heterocycles. The van der Waals surface area contributed by atoms with Crippen LogP contribution >= 0.6 is 0 Å². The molecule has 0 aliphatic heterocycles. The zero-order valence-corrected chi connectivity index (χ0v) is 17.7. The van der Waals surface area contributed by atoms with Crippen LogP contribution in [-0.4, -0.2) is 32.9 Å². The van der Waals surface area contributed by atoms with Gasteiger partial charge in [-0.3, -0.25) is 4.79 Å². The van der Waals surface area contributed by atoms with Crippen LogP contribution in [0.1, 0.15) is 41.8 Å². The molecule has 0 aliphatic carbocycles. The van der Waals surface area contributed by atoms with Gasteiger partial charge in [0.25, 0.3) is 5.91 Å². The molecule has 0 saturated carbocycles. The fraction of sp³-hybridized carbons (Fsp3) is 0.333. The van der Waals surface area contributed by atoms with Crippen molar-refractivity contribution in [1.29, 1.82) is 0 Å². The van der Waals surface area contributed by atoms with Crippen molar-refractivity contribution in [3.8, 4) is 5.75 Å². The summed E-state index contributed by atoms with van der Waals surface area (Å²) >= 11 is 0. The van der Waals surface area contributed by atoms with Crippen LogP contribution < -0.4 is 9.50 Å². The summed E-state index contributed by atoms with van der Waals surface area (Å²) in [6.45, 7) is 6.88. The highest BCUT2D eigenvalue weighted by Gasteiger charge is 2.20. The van der Waals surface area contributed by atoms with E-state index < -0.39 is 16.1 Å². The van der Waals surface area contributed by atoms with Crippen LogP contribution in [0.15, 0.2) is 47.4 Å². The number of hydrogen-bond acceptors (Lipinski definition) is 6. The van der Waals surface area contributed by atoms with Crippen molar-refractivity contribution < 1.29 is 26.9 Å². The van der Waals surface area contributed by atoms with E-state index in [0.717, 1.165) is 12.0 Å². The lowest BCUT2D eigenvalue weighted by atomic mass is 10.2. The molecule has 2 aromatic rings. The summed E-state index contributed by atoms with van der Waals surface area (Å²) in [4.78, 5) is 23.8. The first-order chi connectivity index (χ1) is 13.6. The van der Waals surface area contributed by atoms with Crippen molar-refractivity contribution in [2.75, 3.05) is 6.61 Å². The van der Waals surface area contributed by atoms with Crippen molar-refractivity contribution >= 4 is 22.0 Å². The zero-order valence-electron chi connectivity index (χ0n) is 16.9. The first-order valence-corrected chi connectivity index (χ1v) is 10.6. The molecule has 0 heterocycles. The topological polar surface area (TPSA) is 98.8 Å². The predicted octanol–water partition coefficient (Wildman–Crippen LogP) is 3.14. The smallest absolute Gasteiger partial charge is 0.339 e. The molecule has 7 nitrogen and oxygen atoms in total. The Morgan fingerprint density at radius 2 is 1.72 bits per heavy atom. The van der Waals surface area contributed by atoms with Crippen molar-refractivity contribution in [1.82, 2.24) is 5.32 Å². The summed E-state index contributed by atoms with van der Waals surface area (Å²) in [7, 11) is -4.00. The van der Waals surface area contributed by atoms with Crippen molar-refractivity contribution in [2.24, 2.45) is 0 Å². The number of amides is 1. The summed E-state index contributed by atoms with van der Waals surface area (Å²) in [5, 5.41) is 2.69. The Morgan fingerprint density at radius 3 is 2.34 bits per heavy atom. The van der Waals surface area contributed by atoms with E-state index in [0.29, 0.717) is 5.56 Å². The van der Waals surface area contributed by atoms with Gasteiger partial charge in [0.15, 0.2) is 6.61 Å². The van der Waals surface area contributed by atoms with Crippen LogP contribution in [0.4, 0.5) is 0 Å². The lowest BCUT2D eigenvalue weighted by Crippen LogP contribution is -2.35. The Labute approximate surface area is 171 Å². The Bertz CT molecular complexity index is 983. The van der Waals surface area contributed by atoms with Gasteiger partial charge in [-0.25, -0.2) is 4.79 Å². The van der Waals surface area contributed by atoms with Gasteiger partial charge in [0.2, 0.25) is 0 Å². The third kappa shape index (κ3) is 6.32. The van der Waals surface area contributed by atoms with Gasteiger partial charge in [-0.05, 0) is 68.7 Å². The van der Waals surface area contributed by atoms with Crippen LogP contribution in [0.5, 0.6) is 5.75 Å². The number of hydrogen-bond donors (Lipinski definition) is 1. The van der Waals surface area contributed by atoms with Crippen LogP contribution in [0, 0.1) is 13.8 Å². The predicted molar refractivity (Wildman–Crippen MR) is 108 cm³/mol. The normalized spacial score (nSPS) is 12.1. The maximum Gasteiger partial charge on any atom is 0.339 e. The van der Waals surface area contributed by atoms with E-state index in [1.54, 1.807) is 26.0 Å². The van der Waals surface area contributed by atoms with E-state index in [-0.39, 0.29) is 34.8 Å². The highest BCUT2D eigenvalue weighted by atomic mass is 32.2. The van der Waals surface area contributed by atoms with Crippen LogP contribution in [0.25, 0.3) is 0 Å². The van der Waals surface area contributed by atoms with Crippen molar-refractivity contribution in [3.63, 3.8) is 0 Å². The summed E-state index contributed by atoms with van der Waals surface area (Å²) in [5.74, 6) is -1.00. The minimum atomic E-state index is -4.00. The van der Waals surface area contributed by atoms with Crippen LogP contribution in [-0.2, 0) is 19.6 Å². The van der Waals surface area contributed by atoms with Crippen LogP contribution in [0.2, 0.25) is 0 Å². The van der Waals surface area contributed by atoms with Crippen LogP contribution in [0.3, 0.4) is 0 Å². The quantitative estimate of drug-likeness (QED) is 0.521. The molecule has 29 heavy (non-hydrogen) atoms. The molecule has 1 N–H and O–H groups in total. The van der Waals surface area contributed by atoms with Crippen molar-refractivity contribution in [2.45, 2.75) is 45.1 Å². The third-order valence-electron chi connectivity index (χ3n) is 4.26. The number of esters is 1. The van der Waals surface area contributed by atoms with Gasteiger partial charge in [-0.15, -0.1) is 0 Å². The van der Waals surface area contributed by atoms with Gasteiger partial charge in [-0.2, -0.15) is 8.42 Å². The number of aryl methyl sites for hydroxylation is 2. The number of carbonyl (C=O) groups excluding carboxylic acids is 2. The van der Waals surface area contributed by atoms with E-state index >= 15 is 0 Å². The SMILES string of the molecule is CCC(C)NC(=O)COC(=O)c1ccc(OS(=O)(=O)c2cc(C)ccc2C)cc1. The number of nitrogens with one attached hydrogen (secondary N) is 1. The molecule has 1 atom stereocenters. The Kier molecular flexibility index (Phi) is 7.39.